The number of hydrogen-bond donors (Lipinski definition) is 0. The molecule has 138 valence electrons. The number of piperidine rings is 1. The average Bonchev–Trinajstić information content (AvgIpc) is 3.04. The molecule has 0 saturated carbocycles. The van der Waals surface area contributed by atoms with E-state index in [1.807, 2.05) is 36.9 Å². The monoisotopic (exact) mass is 353 g/mol. The number of rotatable bonds is 5. The van der Waals surface area contributed by atoms with E-state index in [1.165, 1.54) is 24.8 Å². The van der Waals surface area contributed by atoms with Gasteiger partial charge in [-0.3, -0.25) is 9.88 Å². The highest BCUT2D eigenvalue weighted by molar-refractivity contribution is 5.35. The first-order valence-corrected chi connectivity index (χ1v) is 9.42. The lowest BCUT2D eigenvalue weighted by Gasteiger charge is -2.39. The fraction of sp³-hybridized carbons (Fsp3) is 0.550. The van der Waals surface area contributed by atoms with Crippen molar-refractivity contribution in [2.45, 2.75) is 31.8 Å². The summed E-state index contributed by atoms with van der Waals surface area (Å²) in [5, 5.41) is 0. The Morgan fingerprint density at radius 2 is 1.96 bits per heavy atom. The predicted molar refractivity (Wildman–Crippen MR) is 101 cm³/mol. The van der Waals surface area contributed by atoms with Crippen LogP contribution in [0.25, 0.3) is 0 Å². The summed E-state index contributed by atoms with van der Waals surface area (Å²) in [4.78, 5) is 18.1. The van der Waals surface area contributed by atoms with Gasteiger partial charge in [0.2, 0.25) is 5.95 Å². The van der Waals surface area contributed by atoms with Crippen LogP contribution in [0.15, 0.2) is 43.0 Å². The Labute approximate surface area is 155 Å². The second kappa shape index (κ2) is 7.68. The largest absolute Gasteiger partial charge is 0.383 e. The fourth-order valence-electron chi connectivity index (χ4n) is 4.48. The first kappa shape index (κ1) is 17.4. The highest BCUT2D eigenvalue weighted by atomic mass is 16.5. The van der Waals surface area contributed by atoms with E-state index in [2.05, 4.69) is 30.8 Å². The van der Waals surface area contributed by atoms with E-state index in [4.69, 9.17) is 4.74 Å². The number of ether oxygens (including phenoxy) is 1. The summed E-state index contributed by atoms with van der Waals surface area (Å²) < 4.78 is 5.50. The molecule has 2 aliphatic heterocycles. The summed E-state index contributed by atoms with van der Waals surface area (Å²) in [6.45, 7) is 5.04. The van der Waals surface area contributed by atoms with Crippen LogP contribution in [0.3, 0.4) is 0 Å². The van der Waals surface area contributed by atoms with Crippen molar-refractivity contribution in [3.63, 3.8) is 0 Å². The van der Waals surface area contributed by atoms with Gasteiger partial charge in [-0.15, -0.1) is 0 Å². The fourth-order valence-corrected chi connectivity index (χ4v) is 4.48. The minimum Gasteiger partial charge on any atom is -0.383 e. The van der Waals surface area contributed by atoms with Crippen molar-refractivity contribution >= 4 is 5.95 Å². The maximum Gasteiger partial charge on any atom is 0.225 e. The molecule has 2 saturated heterocycles. The van der Waals surface area contributed by atoms with Crippen LogP contribution in [0.5, 0.6) is 0 Å². The van der Waals surface area contributed by atoms with Gasteiger partial charge < -0.3 is 9.64 Å². The lowest BCUT2D eigenvalue weighted by Crippen LogP contribution is -2.41. The molecule has 2 aromatic rings. The van der Waals surface area contributed by atoms with Crippen LogP contribution in [0, 0.1) is 5.41 Å². The van der Waals surface area contributed by atoms with Crippen molar-refractivity contribution in [2.75, 3.05) is 38.3 Å². The third-order valence-electron chi connectivity index (χ3n) is 5.83. The molecule has 1 atom stereocenters. The Balaban J connectivity index is 1.41. The van der Waals surface area contributed by atoms with E-state index in [0.29, 0.717) is 11.5 Å². The summed E-state index contributed by atoms with van der Waals surface area (Å²) in [7, 11) is 1.78. The Morgan fingerprint density at radius 3 is 2.65 bits per heavy atom. The first-order valence-electron chi connectivity index (χ1n) is 9.42. The topological polar surface area (TPSA) is 54.4 Å². The van der Waals surface area contributed by atoms with Gasteiger partial charge in [0.05, 0.1) is 12.6 Å². The van der Waals surface area contributed by atoms with Crippen LogP contribution >= 0.6 is 0 Å². The molecular formula is C20H27N5O. The lowest BCUT2D eigenvalue weighted by atomic mass is 9.76. The van der Waals surface area contributed by atoms with Gasteiger partial charge in [0.15, 0.2) is 0 Å². The maximum absolute atomic E-state index is 5.50. The summed E-state index contributed by atoms with van der Waals surface area (Å²) in [6, 6.07) is 6.42. The standard InChI is InChI=1S/C20H27N5O/c1-26-15-18-12-20(16-25(18)19-22-8-3-9-23-19)5-10-24(11-6-20)14-17-4-2-7-21-13-17/h2-4,7-9,13,18H,5-6,10-12,14-16H2,1H3/t18-/m0/s1. The number of hydrogen-bond acceptors (Lipinski definition) is 6. The molecule has 0 bridgehead atoms. The van der Waals surface area contributed by atoms with Crippen LogP contribution in [0.1, 0.15) is 24.8 Å². The molecule has 26 heavy (non-hydrogen) atoms. The molecule has 0 aromatic carbocycles. The van der Waals surface area contributed by atoms with Gasteiger partial charge in [0.25, 0.3) is 0 Å². The zero-order chi connectivity index (χ0) is 17.8. The number of methoxy groups -OCH3 is 1. The minimum atomic E-state index is 0.355. The van der Waals surface area contributed by atoms with E-state index in [1.54, 1.807) is 7.11 Å². The number of aromatic nitrogens is 3. The number of likely N-dealkylation sites (tertiary alicyclic amines) is 1. The van der Waals surface area contributed by atoms with Crippen molar-refractivity contribution < 1.29 is 4.74 Å². The number of pyridine rings is 1. The van der Waals surface area contributed by atoms with Crippen LogP contribution in [-0.4, -0.2) is 59.2 Å². The van der Waals surface area contributed by atoms with Gasteiger partial charge in [-0.2, -0.15) is 0 Å². The molecule has 1 spiro atoms. The van der Waals surface area contributed by atoms with Crippen molar-refractivity contribution in [3.05, 3.63) is 48.5 Å². The lowest BCUT2D eigenvalue weighted by molar-refractivity contribution is 0.106. The number of anilines is 1. The van der Waals surface area contributed by atoms with E-state index in [0.717, 1.165) is 38.7 Å². The maximum atomic E-state index is 5.50. The van der Waals surface area contributed by atoms with Gasteiger partial charge in [-0.1, -0.05) is 6.07 Å². The summed E-state index contributed by atoms with van der Waals surface area (Å²) in [6.07, 6.45) is 11.1. The van der Waals surface area contributed by atoms with E-state index >= 15 is 0 Å². The molecular weight excluding hydrogens is 326 g/mol. The molecule has 4 rings (SSSR count). The predicted octanol–water partition coefficient (Wildman–Crippen LogP) is 2.38. The molecule has 4 heterocycles. The van der Waals surface area contributed by atoms with Gasteiger partial charge in [0.1, 0.15) is 0 Å². The summed E-state index contributed by atoms with van der Waals surface area (Å²) >= 11 is 0. The Kier molecular flexibility index (Phi) is 5.13. The molecule has 6 heteroatoms. The molecule has 0 aliphatic carbocycles. The van der Waals surface area contributed by atoms with E-state index in [9.17, 15) is 0 Å². The molecule has 0 unspecified atom stereocenters. The van der Waals surface area contributed by atoms with Crippen LogP contribution in [0.2, 0.25) is 0 Å². The molecule has 2 fully saturated rings. The highest BCUT2D eigenvalue weighted by Gasteiger charge is 2.46. The van der Waals surface area contributed by atoms with Crippen molar-refractivity contribution in [1.29, 1.82) is 0 Å². The zero-order valence-electron chi connectivity index (χ0n) is 15.4. The molecule has 0 N–H and O–H groups in total. The minimum absolute atomic E-state index is 0.355. The van der Waals surface area contributed by atoms with Crippen molar-refractivity contribution in [1.82, 2.24) is 19.9 Å². The second-order valence-corrected chi connectivity index (χ2v) is 7.63. The molecule has 2 aromatic heterocycles. The molecule has 0 amide bonds. The molecule has 2 aliphatic rings. The normalized spacial score (nSPS) is 22.8. The molecule has 0 radical (unpaired) electrons. The summed E-state index contributed by atoms with van der Waals surface area (Å²) in [5.41, 5.74) is 1.65. The third kappa shape index (κ3) is 3.71. The van der Waals surface area contributed by atoms with Crippen LogP contribution in [0.4, 0.5) is 5.95 Å². The van der Waals surface area contributed by atoms with E-state index < -0.39 is 0 Å². The van der Waals surface area contributed by atoms with Gasteiger partial charge >= 0.3 is 0 Å². The van der Waals surface area contributed by atoms with Gasteiger partial charge in [0, 0.05) is 45.0 Å². The average molecular weight is 353 g/mol. The van der Waals surface area contributed by atoms with Crippen molar-refractivity contribution in [2.24, 2.45) is 5.41 Å². The van der Waals surface area contributed by atoms with Gasteiger partial charge in [-0.05, 0) is 55.5 Å². The summed E-state index contributed by atoms with van der Waals surface area (Å²) in [5.74, 6) is 0.837. The molecule has 6 nitrogen and oxygen atoms in total. The quantitative estimate of drug-likeness (QED) is 0.823. The second-order valence-electron chi connectivity index (χ2n) is 7.63. The zero-order valence-corrected chi connectivity index (χ0v) is 15.4. The van der Waals surface area contributed by atoms with Crippen LogP contribution in [-0.2, 0) is 11.3 Å². The Bertz CT molecular complexity index is 688. The number of nitrogens with zero attached hydrogens (tertiary/aromatic N) is 5. The SMILES string of the molecule is COC[C@@H]1CC2(CCN(Cc3cccnc3)CC2)CN1c1ncccn1. The van der Waals surface area contributed by atoms with Crippen LogP contribution < -0.4 is 4.90 Å². The highest BCUT2D eigenvalue weighted by Crippen LogP contribution is 2.44. The Hall–Kier alpha value is -2.05. The van der Waals surface area contributed by atoms with E-state index in [-0.39, 0.29) is 0 Å². The van der Waals surface area contributed by atoms with Gasteiger partial charge in [-0.25, -0.2) is 9.97 Å². The van der Waals surface area contributed by atoms with Crippen molar-refractivity contribution in [3.8, 4) is 0 Å². The smallest absolute Gasteiger partial charge is 0.225 e. The third-order valence-corrected chi connectivity index (χ3v) is 5.83. The first-order chi connectivity index (χ1) is 12.8. The Morgan fingerprint density at radius 1 is 1.15 bits per heavy atom.